The number of hydrogen-bond acceptors (Lipinski definition) is 3. The van der Waals surface area contributed by atoms with E-state index in [2.05, 4.69) is 0 Å². The topological polar surface area (TPSA) is 43.7 Å². The van der Waals surface area contributed by atoms with Gasteiger partial charge < -0.3 is 14.9 Å². The summed E-state index contributed by atoms with van der Waals surface area (Å²) in [4.78, 5) is 1.98. The van der Waals surface area contributed by atoms with Gasteiger partial charge in [-0.1, -0.05) is 18.2 Å². The van der Waals surface area contributed by atoms with Gasteiger partial charge in [-0.25, -0.2) is 4.39 Å². The molecule has 0 radical (unpaired) electrons. The van der Waals surface area contributed by atoms with Gasteiger partial charge in [0.2, 0.25) is 0 Å². The van der Waals surface area contributed by atoms with Gasteiger partial charge in [-0.15, -0.1) is 0 Å². The van der Waals surface area contributed by atoms with E-state index in [0.29, 0.717) is 12.1 Å². The van der Waals surface area contributed by atoms with Crippen LogP contribution in [0, 0.1) is 12.7 Å². The van der Waals surface area contributed by atoms with Crippen LogP contribution in [-0.2, 0) is 6.54 Å². The second-order valence-electron chi connectivity index (χ2n) is 4.91. The monoisotopic (exact) mass is 273 g/mol. The lowest BCUT2D eigenvalue weighted by atomic mass is 9.77. The molecule has 0 saturated heterocycles. The molecule has 0 aromatic heterocycles. The van der Waals surface area contributed by atoms with E-state index in [4.69, 9.17) is 0 Å². The zero-order valence-electron chi connectivity index (χ0n) is 11.5. The normalized spacial score (nSPS) is 10.4. The molecule has 2 rings (SSSR count). The van der Waals surface area contributed by atoms with E-state index in [9.17, 15) is 14.4 Å². The minimum absolute atomic E-state index is 0.199. The summed E-state index contributed by atoms with van der Waals surface area (Å²) in [6, 6.07) is 12.1. The Kier molecular flexibility index (Phi) is 4.42. The molecule has 2 N–H and O–H groups in total. The molecule has 0 spiro atoms. The molecular weight excluding hydrogens is 256 g/mol. The van der Waals surface area contributed by atoms with Crippen LogP contribution in [0.2, 0.25) is 0 Å². The highest BCUT2D eigenvalue weighted by Gasteiger charge is 2.17. The lowest BCUT2D eigenvalue weighted by molar-refractivity contribution is 0.425. The average molecular weight is 273 g/mol. The minimum atomic E-state index is -1.67. The zero-order valence-corrected chi connectivity index (χ0v) is 11.5. The number of nitrogens with zero attached hydrogens (tertiary/aromatic N) is 1. The molecule has 3 nitrogen and oxygen atoms in total. The van der Waals surface area contributed by atoms with Gasteiger partial charge in [0.1, 0.15) is 5.82 Å². The van der Waals surface area contributed by atoms with Gasteiger partial charge in [0.05, 0.1) is 0 Å². The zero-order chi connectivity index (χ0) is 14.7. The maximum atomic E-state index is 13.2. The lowest BCUT2D eigenvalue weighted by Gasteiger charge is -2.21. The number of anilines is 1. The molecule has 2 aromatic carbocycles. The van der Waals surface area contributed by atoms with Gasteiger partial charge in [0.25, 0.3) is 0 Å². The van der Waals surface area contributed by atoms with E-state index in [1.165, 1.54) is 6.07 Å². The van der Waals surface area contributed by atoms with Crippen molar-refractivity contribution in [2.24, 2.45) is 0 Å². The van der Waals surface area contributed by atoms with E-state index in [0.717, 1.165) is 17.3 Å². The van der Waals surface area contributed by atoms with Gasteiger partial charge >= 0.3 is 7.12 Å². The fourth-order valence-electron chi connectivity index (χ4n) is 2.16. The fraction of sp³-hybridized carbons (Fsp3) is 0.200. The molecule has 5 heteroatoms. The third-order valence-electron chi connectivity index (χ3n) is 3.24. The highest BCUT2D eigenvalue weighted by molar-refractivity contribution is 6.59. The van der Waals surface area contributed by atoms with Gasteiger partial charge in [0, 0.05) is 19.3 Å². The van der Waals surface area contributed by atoms with Crippen molar-refractivity contribution in [1.82, 2.24) is 0 Å². The fourth-order valence-corrected chi connectivity index (χ4v) is 2.16. The van der Waals surface area contributed by atoms with E-state index < -0.39 is 12.9 Å². The molecule has 0 unspecified atom stereocenters. The van der Waals surface area contributed by atoms with Gasteiger partial charge in [-0.05, 0) is 47.8 Å². The molecule has 20 heavy (non-hydrogen) atoms. The quantitative estimate of drug-likeness (QED) is 0.829. The molecule has 0 bridgehead atoms. The molecule has 0 heterocycles. The summed E-state index contributed by atoms with van der Waals surface area (Å²) in [7, 11) is 0.234. The molecule has 0 aliphatic carbocycles. The summed E-state index contributed by atoms with van der Waals surface area (Å²) in [6.07, 6.45) is 0. The maximum Gasteiger partial charge on any atom is 0.488 e. The largest absolute Gasteiger partial charge is 0.488 e. The standard InChI is InChI=1S/C15H17BFNO2/c1-11-4-3-5-14(8-11)18(2)10-12-6-7-13(17)9-15(12)16(19)20/h3-9,19-20H,10H2,1-2H3. The van der Waals surface area contributed by atoms with E-state index in [1.807, 2.05) is 43.1 Å². The summed E-state index contributed by atoms with van der Waals surface area (Å²) in [6.45, 7) is 2.48. The number of rotatable bonds is 4. The Bertz CT molecular complexity index is 604. The predicted molar refractivity (Wildman–Crippen MR) is 79.5 cm³/mol. The average Bonchev–Trinajstić information content (AvgIpc) is 2.40. The Morgan fingerprint density at radius 2 is 1.90 bits per heavy atom. The molecule has 0 fully saturated rings. The molecule has 0 saturated carbocycles. The van der Waals surface area contributed by atoms with Crippen LogP contribution in [0.1, 0.15) is 11.1 Å². The van der Waals surface area contributed by atoms with E-state index in [1.54, 1.807) is 6.07 Å². The number of benzene rings is 2. The Morgan fingerprint density at radius 1 is 1.15 bits per heavy atom. The lowest BCUT2D eigenvalue weighted by Crippen LogP contribution is -2.35. The molecule has 0 amide bonds. The first-order valence-electron chi connectivity index (χ1n) is 6.39. The minimum Gasteiger partial charge on any atom is -0.423 e. The third-order valence-corrected chi connectivity index (χ3v) is 3.24. The Morgan fingerprint density at radius 3 is 2.55 bits per heavy atom. The van der Waals surface area contributed by atoms with Crippen LogP contribution >= 0.6 is 0 Å². The van der Waals surface area contributed by atoms with E-state index in [-0.39, 0.29) is 5.46 Å². The van der Waals surface area contributed by atoms with Crippen LogP contribution < -0.4 is 10.4 Å². The second-order valence-corrected chi connectivity index (χ2v) is 4.91. The van der Waals surface area contributed by atoms with Gasteiger partial charge in [-0.2, -0.15) is 0 Å². The maximum absolute atomic E-state index is 13.2. The first-order chi connectivity index (χ1) is 9.47. The van der Waals surface area contributed by atoms with Crippen molar-refractivity contribution in [3.63, 3.8) is 0 Å². The number of aryl methyl sites for hydroxylation is 1. The predicted octanol–water partition coefficient (Wildman–Crippen LogP) is 1.45. The molecule has 0 atom stereocenters. The van der Waals surface area contributed by atoms with Crippen molar-refractivity contribution < 1.29 is 14.4 Å². The van der Waals surface area contributed by atoms with Crippen LogP contribution in [0.3, 0.4) is 0 Å². The summed E-state index contributed by atoms with van der Waals surface area (Å²) >= 11 is 0. The third kappa shape index (κ3) is 3.38. The SMILES string of the molecule is Cc1cccc(N(C)Cc2ccc(F)cc2B(O)O)c1. The first kappa shape index (κ1) is 14.6. The Balaban J connectivity index is 2.25. The summed E-state index contributed by atoms with van der Waals surface area (Å²) in [5, 5.41) is 18.7. The Labute approximate surface area is 118 Å². The Hall–Kier alpha value is -1.85. The van der Waals surface area contributed by atoms with Crippen LogP contribution in [0.5, 0.6) is 0 Å². The molecule has 104 valence electrons. The van der Waals surface area contributed by atoms with Crippen LogP contribution in [0.4, 0.5) is 10.1 Å². The summed E-state index contributed by atoms with van der Waals surface area (Å²) in [5.41, 5.74) is 3.05. The molecular formula is C15H17BFNO2. The summed E-state index contributed by atoms with van der Waals surface area (Å²) < 4.78 is 13.2. The highest BCUT2D eigenvalue weighted by Crippen LogP contribution is 2.16. The number of halogens is 1. The highest BCUT2D eigenvalue weighted by atomic mass is 19.1. The van der Waals surface area contributed by atoms with Crippen LogP contribution in [0.15, 0.2) is 42.5 Å². The van der Waals surface area contributed by atoms with Crippen molar-refractivity contribution >= 4 is 18.3 Å². The van der Waals surface area contributed by atoms with Crippen molar-refractivity contribution in [1.29, 1.82) is 0 Å². The first-order valence-corrected chi connectivity index (χ1v) is 6.39. The summed E-state index contributed by atoms with van der Waals surface area (Å²) in [5.74, 6) is -0.477. The van der Waals surface area contributed by atoms with Crippen molar-refractivity contribution in [2.75, 3.05) is 11.9 Å². The number of hydrogen-bond donors (Lipinski definition) is 2. The van der Waals surface area contributed by atoms with Gasteiger partial charge in [-0.3, -0.25) is 0 Å². The van der Waals surface area contributed by atoms with Crippen molar-refractivity contribution in [3.8, 4) is 0 Å². The molecule has 2 aromatic rings. The van der Waals surface area contributed by atoms with E-state index >= 15 is 0 Å². The van der Waals surface area contributed by atoms with Crippen molar-refractivity contribution in [2.45, 2.75) is 13.5 Å². The second kappa shape index (κ2) is 6.07. The van der Waals surface area contributed by atoms with Gasteiger partial charge in [0.15, 0.2) is 0 Å². The molecule has 0 aliphatic rings. The van der Waals surface area contributed by atoms with Crippen LogP contribution in [-0.4, -0.2) is 24.2 Å². The van der Waals surface area contributed by atoms with Crippen LogP contribution in [0.25, 0.3) is 0 Å². The molecule has 0 aliphatic heterocycles. The smallest absolute Gasteiger partial charge is 0.423 e. The van der Waals surface area contributed by atoms with Crippen molar-refractivity contribution in [3.05, 3.63) is 59.4 Å².